The number of ether oxygens (including phenoxy) is 1. The number of rotatable bonds is 6. The van der Waals surface area contributed by atoms with Crippen LogP contribution in [-0.2, 0) is 11.3 Å². The molecule has 0 aliphatic rings. The number of methoxy groups -OCH3 is 1. The van der Waals surface area contributed by atoms with Crippen LogP contribution in [0.2, 0.25) is 0 Å². The number of amidine groups is 1. The van der Waals surface area contributed by atoms with Gasteiger partial charge in [0.15, 0.2) is 5.84 Å². The number of anilines is 1. The van der Waals surface area contributed by atoms with Crippen LogP contribution in [0.3, 0.4) is 0 Å². The minimum atomic E-state index is -0.169. The second-order valence-corrected chi connectivity index (χ2v) is 3.76. The second kappa shape index (κ2) is 6.75. The molecular formula is C12H19N3O2. The first-order valence-electron chi connectivity index (χ1n) is 5.53. The van der Waals surface area contributed by atoms with Crippen LogP contribution in [0.1, 0.15) is 18.9 Å². The lowest BCUT2D eigenvalue weighted by molar-refractivity contribution is 0.185. The van der Waals surface area contributed by atoms with Crippen molar-refractivity contribution in [1.82, 2.24) is 0 Å². The Morgan fingerprint density at radius 3 is 2.94 bits per heavy atom. The van der Waals surface area contributed by atoms with Crippen LogP contribution in [0, 0.1) is 0 Å². The zero-order valence-corrected chi connectivity index (χ0v) is 10.2. The molecule has 0 radical (unpaired) electrons. The van der Waals surface area contributed by atoms with E-state index < -0.39 is 0 Å². The van der Waals surface area contributed by atoms with Gasteiger partial charge < -0.3 is 21.0 Å². The van der Waals surface area contributed by atoms with Crippen LogP contribution in [0.5, 0.6) is 0 Å². The van der Waals surface area contributed by atoms with Gasteiger partial charge in [0.25, 0.3) is 0 Å². The van der Waals surface area contributed by atoms with E-state index in [2.05, 4.69) is 10.5 Å². The summed E-state index contributed by atoms with van der Waals surface area (Å²) in [6, 6.07) is 7.68. The molecule has 0 heterocycles. The molecule has 4 N–H and O–H groups in total. The average molecular weight is 237 g/mol. The maximum absolute atomic E-state index is 8.66. The lowest BCUT2D eigenvalue weighted by Crippen LogP contribution is -2.35. The highest BCUT2D eigenvalue weighted by Crippen LogP contribution is 2.13. The average Bonchev–Trinajstić information content (AvgIpc) is 2.36. The van der Waals surface area contributed by atoms with Gasteiger partial charge >= 0.3 is 0 Å². The topological polar surface area (TPSA) is 79.9 Å². The molecule has 0 saturated heterocycles. The molecule has 0 amide bonds. The number of hydrogen-bond donors (Lipinski definition) is 3. The lowest BCUT2D eigenvalue weighted by atomic mass is 10.1. The van der Waals surface area contributed by atoms with Gasteiger partial charge in [0.1, 0.15) is 0 Å². The summed E-state index contributed by atoms with van der Waals surface area (Å²) in [6.45, 7) is 2.53. The maximum atomic E-state index is 8.66. The zero-order valence-electron chi connectivity index (χ0n) is 10.2. The summed E-state index contributed by atoms with van der Waals surface area (Å²) >= 11 is 0. The van der Waals surface area contributed by atoms with Crippen molar-refractivity contribution in [2.45, 2.75) is 26.0 Å². The normalized spacial score (nSPS) is 13.4. The Morgan fingerprint density at radius 2 is 2.35 bits per heavy atom. The van der Waals surface area contributed by atoms with Crippen molar-refractivity contribution in [2.75, 3.05) is 12.4 Å². The van der Waals surface area contributed by atoms with Crippen molar-refractivity contribution in [3.63, 3.8) is 0 Å². The van der Waals surface area contributed by atoms with Crippen LogP contribution < -0.4 is 11.1 Å². The fourth-order valence-corrected chi connectivity index (χ4v) is 1.57. The molecule has 0 aliphatic carbocycles. The zero-order chi connectivity index (χ0) is 12.7. The summed E-state index contributed by atoms with van der Waals surface area (Å²) in [5.74, 6) is 0.185. The molecule has 1 aromatic rings. The third-order valence-electron chi connectivity index (χ3n) is 2.46. The molecule has 1 aromatic carbocycles. The van der Waals surface area contributed by atoms with Crippen LogP contribution >= 0.6 is 0 Å². The Labute approximate surface area is 101 Å². The Hall–Kier alpha value is -1.75. The quantitative estimate of drug-likeness (QED) is 0.305. The summed E-state index contributed by atoms with van der Waals surface area (Å²) in [7, 11) is 1.66. The standard InChI is InChI=1S/C12H19N3O2/c1-3-11(12(13)15-16)14-10-6-4-5-9(7-10)8-17-2/h4-7,11,14,16H,3,8H2,1-2H3,(H2,13,15). The minimum absolute atomic E-state index is 0.169. The largest absolute Gasteiger partial charge is 0.409 e. The third-order valence-corrected chi connectivity index (χ3v) is 2.46. The van der Waals surface area contributed by atoms with Crippen LogP contribution in [0.4, 0.5) is 5.69 Å². The molecule has 0 aliphatic heterocycles. The smallest absolute Gasteiger partial charge is 0.161 e. The molecule has 1 unspecified atom stereocenters. The first-order valence-corrected chi connectivity index (χ1v) is 5.53. The summed E-state index contributed by atoms with van der Waals surface area (Å²) in [4.78, 5) is 0. The Kier molecular flexibility index (Phi) is 5.29. The van der Waals surface area contributed by atoms with Crippen LogP contribution in [-0.4, -0.2) is 24.2 Å². The molecule has 0 fully saturated rings. The number of nitrogens with two attached hydrogens (primary N) is 1. The molecule has 0 saturated carbocycles. The second-order valence-electron chi connectivity index (χ2n) is 3.76. The predicted molar refractivity (Wildman–Crippen MR) is 68.3 cm³/mol. The molecule has 0 aromatic heterocycles. The monoisotopic (exact) mass is 237 g/mol. The number of oxime groups is 1. The molecule has 17 heavy (non-hydrogen) atoms. The highest BCUT2D eigenvalue weighted by atomic mass is 16.5. The Bertz CT molecular complexity index is 380. The van der Waals surface area contributed by atoms with Gasteiger partial charge in [-0.25, -0.2) is 0 Å². The number of benzene rings is 1. The van der Waals surface area contributed by atoms with Crippen molar-refractivity contribution in [3.8, 4) is 0 Å². The molecule has 0 bridgehead atoms. The van der Waals surface area contributed by atoms with Gasteiger partial charge in [0.05, 0.1) is 12.6 Å². The summed E-state index contributed by atoms with van der Waals surface area (Å²) in [5.41, 5.74) is 7.59. The SMILES string of the molecule is CCC(Nc1cccc(COC)c1)C(N)=NO. The number of nitrogens with one attached hydrogen (secondary N) is 1. The van der Waals surface area contributed by atoms with E-state index in [4.69, 9.17) is 15.7 Å². The third kappa shape index (κ3) is 3.96. The molecule has 1 atom stereocenters. The highest BCUT2D eigenvalue weighted by molar-refractivity contribution is 5.87. The van der Waals surface area contributed by atoms with E-state index >= 15 is 0 Å². The van der Waals surface area contributed by atoms with Gasteiger partial charge in [-0.2, -0.15) is 0 Å². The van der Waals surface area contributed by atoms with Crippen molar-refractivity contribution >= 4 is 11.5 Å². The van der Waals surface area contributed by atoms with Gasteiger partial charge in [-0.05, 0) is 24.1 Å². The van der Waals surface area contributed by atoms with E-state index in [1.807, 2.05) is 31.2 Å². The molecule has 5 nitrogen and oxygen atoms in total. The first kappa shape index (κ1) is 13.3. The van der Waals surface area contributed by atoms with Crippen molar-refractivity contribution < 1.29 is 9.94 Å². The summed E-state index contributed by atoms with van der Waals surface area (Å²) in [5, 5.41) is 14.9. The fraction of sp³-hybridized carbons (Fsp3) is 0.417. The van der Waals surface area contributed by atoms with Crippen LogP contribution in [0.15, 0.2) is 29.4 Å². The first-order chi connectivity index (χ1) is 8.21. The Balaban J connectivity index is 2.75. The molecule has 5 heteroatoms. The number of nitrogens with zero attached hydrogens (tertiary/aromatic N) is 1. The van der Waals surface area contributed by atoms with E-state index in [0.717, 1.165) is 17.7 Å². The van der Waals surface area contributed by atoms with Crippen molar-refractivity contribution in [2.24, 2.45) is 10.9 Å². The van der Waals surface area contributed by atoms with E-state index in [0.29, 0.717) is 6.61 Å². The van der Waals surface area contributed by atoms with Crippen molar-refractivity contribution in [1.29, 1.82) is 0 Å². The number of hydrogen-bond acceptors (Lipinski definition) is 4. The predicted octanol–water partition coefficient (Wildman–Crippen LogP) is 1.77. The van der Waals surface area contributed by atoms with Gasteiger partial charge in [0, 0.05) is 12.8 Å². The van der Waals surface area contributed by atoms with Gasteiger partial charge in [-0.1, -0.05) is 24.2 Å². The minimum Gasteiger partial charge on any atom is -0.409 e. The highest BCUT2D eigenvalue weighted by Gasteiger charge is 2.11. The summed E-state index contributed by atoms with van der Waals surface area (Å²) < 4.78 is 5.07. The van der Waals surface area contributed by atoms with E-state index in [1.54, 1.807) is 7.11 Å². The lowest BCUT2D eigenvalue weighted by Gasteiger charge is -2.17. The van der Waals surface area contributed by atoms with E-state index in [9.17, 15) is 0 Å². The van der Waals surface area contributed by atoms with E-state index in [1.165, 1.54) is 0 Å². The maximum Gasteiger partial charge on any atom is 0.161 e. The van der Waals surface area contributed by atoms with Crippen molar-refractivity contribution in [3.05, 3.63) is 29.8 Å². The molecule has 0 spiro atoms. The van der Waals surface area contributed by atoms with Gasteiger partial charge in [-0.3, -0.25) is 0 Å². The Morgan fingerprint density at radius 1 is 1.59 bits per heavy atom. The fourth-order valence-electron chi connectivity index (χ4n) is 1.57. The van der Waals surface area contributed by atoms with Gasteiger partial charge in [-0.15, -0.1) is 0 Å². The molecule has 1 rings (SSSR count). The van der Waals surface area contributed by atoms with Crippen LogP contribution in [0.25, 0.3) is 0 Å². The molecular weight excluding hydrogens is 218 g/mol. The summed E-state index contributed by atoms with van der Waals surface area (Å²) in [6.07, 6.45) is 0.740. The van der Waals surface area contributed by atoms with Gasteiger partial charge in [0.2, 0.25) is 0 Å². The molecule has 94 valence electrons. The van der Waals surface area contributed by atoms with E-state index in [-0.39, 0.29) is 11.9 Å².